The van der Waals surface area contributed by atoms with Crippen LogP contribution in [0.1, 0.15) is 15.9 Å². The molecule has 0 saturated heterocycles. The highest BCUT2D eigenvalue weighted by molar-refractivity contribution is 5.98. The molecule has 0 unspecified atom stereocenters. The maximum absolute atomic E-state index is 11.5. The number of primary amides is 1. The fraction of sp³-hybridized carbons (Fsp3) is 0.0588. The van der Waals surface area contributed by atoms with Crippen molar-refractivity contribution in [3.63, 3.8) is 0 Å². The normalized spacial score (nSPS) is 10.7. The Labute approximate surface area is 117 Å². The number of hydrogen-bond donors (Lipinski definition) is 1. The van der Waals surface area contributed by atoms with Crippen molar-refractivity contribution in [2.45, 2.75) is 6.92 Å². The maximum atomic E-state index is 11.5. The van der Waals surface area contributed by atoms with E-state index < -0.39 is 5.91 Å². The molecule has 0 spiro atoms. The van der Waals surface area contributed by atoms with Crippen LogP contribution in [-0.2, 0) is 0 Å². The predicted octanol–water partition coefficient (Wildman–Crippen LogP) is 3.31. The standard InChI is InChI=1S/C17H14N2O/c1-11-7-8-13(10-15(11)17(18)20)14-6-2-4-12-5-3-9-19-16(12)14/h2-10H,1H3,(H2,18,20). The number of aryl methyl sites for hydroxylation is 1. The van der Waals surface area contributed by atoms with Crippen LogP contribution in [-0.4, -0.2) is 10.9 Å². The molecule has 1 aromatic heterocycles. The number of carbonyl (C=O) groups excluding carboxylic acids is 1. The van der Waals surface area contributed by atoms with Crippen molar-refractivity contribution < 1.29 is 4.79 Å². The van der Waals surface area contributed by atoms with Gasteiger partial charge in [-0.2, -0.15) is 0 Å². The van der Waals surface area contributed by atoms with Crippen molar-refractivity contribution >= 4 is 16.8 Å². The number of benzene rings is 2. The molecule has 3 aromatic rings. The van der Waals surface area contributed by atoms with Crippen LogP contribution in [0.2, 0.25) is 0 Å². The molecule has 3 heteroatoms. The molecular weight excluding hydrogens is 248 g/mol. The summed E-state index contributed by atoms with van der Waals surface area (Å²) in [6.07, 6.45) is 1.77. The topological polar surface area (TPSA) is 56.0 Å². The zero-order valence-corrected chi connectivity index (χ0v) is 11.1. The van der Waals surface area contributed by atoms with E-state index in [2.05, 4.69) is 4.98 Å². The first-order valence-electron chi connectivity index (χ1n) is 6.41. The number of pyridine rings is 1. The average Bonchev–Trinajstić information content (AvgIpc) is 2.47. The summed E-state index contributed by atoms with van der Waals surface area (Å²) < 4.78 is 0. The molecule has 2 aromatic carbocycles. The number of nitrogens with two attached hydrogens (primary N) is 1. The summed E-state index contributed by atoms with van der Waals surface area (Å²) in [5.41, 5.74) is 9.74. The number of para-hydroxylation sites is 1. The number of aromatic nitrogens is 1. The van der Waals surface area contributed by atoms with E-state index in [4.69, 9.17) is 5.73 Å². The summed E-state index contributed by atoms with van der Waals surface area (Å²) in [5, 5.41) is 1.08. The van der Waals surface area contributed by atoms with Crippen molar-refractivity contribution in [1.29, 1.82) is 0 Å². The number of carbonyl (C=O) groups is 1. The van der Waals surface area contributed by atoms with Gasteiger partial charge in [-0.25, -0.2) is 0 Å². The molecule has 0 radical (unpaired) electrons. The fourth-order valence-electron chi connectivity index (χ4n) is 2.39. The third kappa shape index (κ3) is 2.03. The van der Waals surface area contributed by atoms with Gasteiger partial charge in [0.1, 0.15) is 0 Å². The Hall–Kier alpha value is -2.68. The van der Waals surface area contributed by atoms with Crippen molar-refractivity contribution in [3.8, 4) is 11.1 Å². The number of rotatable bonds is 2. The van der Waals surface area contributed by atoms with E-state index in [1.165, 1.54) is 0 Å². The molecule has 0 atom stereocenters. The molecule has 2 N–H and O–H groups in total. The largest absolute Gasteiger partial charge is 0.366 e. The van der Waals surface area contributed by atoms with E-state index in [1.807, 2.05) is 55.5 Å². The smallest absolute Gasteiger partial charge is 0.248 e. The first kappa shape index (κ1) is 12.4. The van der Waals surface area contributed by atoms with Crippen LogP contribution in [0.4, 0.5) is 0 Å². The van der Waals surface area contributed by atoms with Gasteiger partial charge in [0.2, 0.25) is 5.91 Å². The minimum Gasteiger partial charge on any atom is -0.366 e. The van der Waals surface area contributed by atoms with Crippen LogP contribution in [0.25, 0.3) is 22.0 Å². The maximum Gasteiger partial charge on any atom is 0.248 e. The monoisotopic (exact) mass is 262 g/mol. The third-order valence-electron chi connectivity index (χ3n) is 3.45. The third-order valence-corrected chi connectivity index (χ3v) is 3.45. The number of amides is 1. The van der Waals surface area contributed by atoms with Crippen molar-refractivity contribution in [3.05, 3.63) is 65.9 Å². The van der Waals surface area contributed by atoms with Gasteiger partial charge in [-0.1, -0.05) is 36.4 Å². The summed E-state index contributed by atoms with van der Waals surface area (Å²) in [6.45, 7) is 1.88. The molecule has 3 nitrogen and oxygen atoms in total. The van der Waals surface area contributed by atoms with Gasteiger partial charge in [0.25, 0.3) is 0 Å². The van der Waals surface area contributed by atoms with E-state index in [1.54, 1.807) is 6.20 Å². The Morgan fingerprint density at radius 3 is 2.70 bits per heavy atom. The summed E-state index contributed by atoms with van der Waals surface area (Å²) in [4.78, 5) is 15.9. The van der Waals surface area contributed by atoms with E-state index in [0.29, 0.717) is 5.56 Å². The van der Waals surface area contributed by atoms with Gasteiger partial charge in [0, 0.05) is 22.7 Å². The van der Waals surface area contributed by atoms with E-state index in [-0.39, 0.29) is 0 Å². The lowest BCUT2D eigenvalue weighted by molar-refractivity contribution is 0.1000. The SMILES string of the molecule is Cc1ccc(-c2cccc3cccnc23)cc1C(N)=O. The molecule has 1 amide bonds. The van der Waals surface area contributed by atoms with E-state index >= 15 is 0 Å². The van der Waals surface area contributed by atoms with Crippen LogP contribution >= 0.6 is 0 Å². The lowest BCUT2D eigenvalue weighted by atomic mass is 9.97. The molecule has 0 saturated carbocycles. The highest BCUT2D eigenvalue weighted by Crippen LogP contribution is 2.28. The zero-order valence-electron chi connectivity index (χ0n) is 11.1. The minimum atomic E-state index is -0.405. The van der Waals surface area contributed by atoms with Gasteiger partial charge in [0.05, 0.1) is 5.52 Å². The van der Waals surface area contributed by atoms with Crippen LogP contribution < -0.4 is 5.73 Å². The Balaban J connectivity index is 2.26. The van der Waals surface area contributed by atoms with Gasteiger partial charge in [-0.15, -0.1) is 0 Å². The van der Waals surface area contributed by atoms with Crippen LogP contribution in [0.3, 0.4) is 0 Å². The molecule has 0 aliphatic rings. The van der Waals surface area contributed by atoms with Crippen molar-refractivity contribution in [2.75, 3.05) is 0 Å². The van der Waals surface area contributed by atoms with E-state index in [9.17, 15) is 4.79 Å². The van der Waals surface area contributed by atoms with Gasteiger partial charge in [0.15, 0.2) is 0 Å². The molecule has 98 valence electrons. The zero-order chi connectivity index (χ0) is 14.1. The molecular formula is C17H14N2O. The highest BCUT2D eigenvalue weighted by atomic mass is 16.1. The first-order chi connectivity index (χ1) is 9.66. The summed E-state index contributed by atoms with van der Waals surface area (Å²) in [5.74, 6) is -0.405. The molecule has 0 bridgehead atoms. The number of fused-ring (bicyclic) bond motifs is 1. The molecule has 0 fully saturated rings. The Morgan fingerprint density at radius 1 is 1.10 bits per heavy atom. The highest BCUT2D eigenvalue weighted by Gasteiger charge is 2.09. The molecule has 3 rings (SSSR count). The Kier molecular flexibility index (Phi) is 2.95. The van der Waals surface area contributed by atoms with Gasteiger partial charge in [-0.3, -0.25) is 9.78 Å². The Bertz CT molecular complexity index is 804. The van der Waals surface area contributed by atoms with Crippen LogP contribution in [0, 0.1) is 6.92 Å². The van der Waals surface area contributed by atoms with Crippen molar-refractivity contribution in [2.24, 2.45) is 5.73 Å². The average molecular weight is 262 g/mol. The van der Waals surface area contributed by atoms with Crippen LogP contribution in [0.5, 0.6) is 0 Å². The molecule has 20 heavy (non-hydrogen) atoms. The molecule has 1 heterocycles. The van der Waals surface area contributed by atoms with Crippen LogP contribution in [0.15, 0.2) is 54.7 Å². The quantitative estimate of drug-likeness (QED) is 0.770. The molecule has 0 aliphatic carbocycles. The summed E-state index contributed by atoms with van der Waals surface area (Å²) >= 11 is 0. The Morgan fingerprint density at radius 2 is 1.90 bits per heavy atom. The number of nitrogens with zero attached hydrogens (tertiary/aromatic N) is 1. The number of hydrogen-bond acceptors (Lipinski definition) is 2. The fourth-order valence-corrected chi connectivity index (χ4v) is 2.39. The van der Waals surface area contributed by atoms with Gasteiger partial charge >= 0.3 is 0 Å². The molecule has 0 aliphatic heterocycles. The lowest BCUT2D eigenvalue weighted by Gasteiger charge is -2.08. The minimum absolute atomic E-state index is 0.405. The second kappa shape index (κ2) is 4.78. The van der Waals surface area contributed by atoms with E-state index in [0.717, 1.165) is 27.6 Å². The second-order valence-corrected chi connectivity index (χ2v) is 4.77. The summed E-state index contributed by atoms with van der Waals surface area (Å²) in [7, 11) is 0. The first-order valence-corrected chi connectivity index (χ1v) is 6.41. The van der Waals surface area contributed by atoms with Gasteiger partial charge in [-0.05, 0) is 30.2 Å². The lowest BCUT2D eigenvalue weighted by Crippen LogP contribution is -2.12. The summed E-state index contributed by atoms with van der Waals surface area (Å²) in [6, 6.07) is 15.7. The van der Waals surface area contributed by atoms with Crippen molar-refractivity contribution in [1.82, 2.24) is 4.98 Å². The van der Waals surface area contributed by atoms with Gasteiger partial charge < -0.3 is 5.73 Å². The second-order valence-electron chi connectivity index (χ2n) is 4.77. The predicted molar refractivity (Wildman–Crippen MR) is 80.4 cm³/mol.